The molecule has 4 aromatic heterocycles. The van der Waals surface area contributed by atoms with Crippen molar-refractivity contribution in [2.45, 2.75) is 0 Å². The van der Waals surface area contributed by atoms with Gasteiger partial charge in [-0.1, -0.05) is 158 Å². The fourth-order valence-corrected chi connectivity index (χ4v) is 9.97. The quantitative estimate of drug-likeness (QED) is 0.177. The Labute approximate surface area is 358 Å². The van der Waals surface area contributed by atoms with Crippen molar-refractivity contribution in [3.8, 4) is 39.9 Å². The summed E-state index contributed by atoms with van der Waals surface area (Å²) in [7, 11) is 0. The van der Waals surface area contributed by atoms with Crippen LogP contribution in [-0.4, -0.2) is 19.5 Å². The number of aromatic nitrogens is 4. The van der Waals surface area contributed by atoms with Crippen LogP contribution < -0.4 is 0 Å². The summed E-state index contributed by atoms with van der Waals surface area (Å²) in [5, 5.41) is 13.4. The van der Waals surface area contributed by atoms with Gasteiger partial charge in [-0.05, 0) is 52.6 Å². The first-order chi connectivity index (χ1) is 31.2. The molecule has 0 radical (unpaired) electrons. The average molecular weight is 805 g/mol. The predicted molar refractivity (Wildman–Crippen MR) is 258 cm³/mol. The van der Waals surface area contributed by atoms with E-state index in [1.165, 1.54) is 37.8 Å². The van der Waals surface area contributed by atoms with Crippen LogP contribution in [0.4, 0.5) is 0 Å². The minimum atomic E-state index is 0.526. The second-order valence-corrected chi connectivity index (χ2v) is 16.3. The van der Waals surface area contributed by atoms with E-state index in [9.17, 15) is 0 Å². The Balaban J connectivity index is 1.06. The summed E-state index contributed by atoms with van der Waals surface area (Å²) in [6.07, 6.45) is 0. The third kappa shape index (κ3) is 4.97. The van der Waals surface area contributed by atoms with Gasteiger partial charge >= 0.3 is 0 Å². The predicted octanol–water partition coefficient (Wildman–Crippen LogP) is 15.2. The van der Waals surface area contributed by atoms with Crippen molar-refractivity contribution in [2.75, 3.05) is 0 Å². The maximum absolute atomic E-state index is 7.11. The Bertz CT molecular complexity index is 4220. The molecule has 0 aliphatic heterocycles. The van der Waals surface area contributed by atoms with E-state index in [4.69, 9.17) is 23.8 Å². The van der Waals surface area contributed by atoms with Crippen LogP contribution in [-0.2, 0) is 0 Å². The minimum absolute atomic E-state index is 0.526. The van der Waals surface area contributed by atoms with Gasteiger partial charge in [-0.3, -0.25) is 0 Å². The summed E-state index contributed by atoms with van der Waals surface area (Å²) in [6.45, 7) is 0. The van der Waals surface area contributed by atoms with E-state index in [0.29, 0.717) is 17.5 Å². The third-order valence-corrected chi connectivity index (χ3v) is 12.8. The molecule has 4 heterocycles. The summed E-state index contributed by atoms with van der Waals surface area (Å²) in [5.74, 6) is 1.66. The van der Waals surface area contributed by atoms with Gasteiger partial charge in [-0.2, -0.15) is 0 Å². The molecule has 0 amide bonds. The van der Waals surface area contributed by atoms with Crippen LogP contribution in [0.2, 0.25) is 0 Å². The SMILES string of the molecule is c1ccc(-c2nc(-c3cccc4c3oc3c5ccccc5c(-n5c6cc7ccccc7cc6c6ccc7ccccc7c65)cc43)nc(-c3cccc4oc5ccccc5c34)n2)cc1. The van der Waals surface area contributed by atoms with E-state index < -0.39 is 0 Å². The van der Waals surface area contributed by atoms with Gasteiger partial charge in [0.2, 0.25) is 0 Å². The first kappa shape index (κ1) is 34.1. The van der Waals surface area contributed by atoms with Gasteiger partial charge in [0.05, 0.1) is 22.3 Å². The number of para-hydroxylation sites is 2. The second-order valence-electron chi connectivity index (χ2n) is 16.3. The van der Waals surface area contributed by atoms with Crippen molar-refractivity contribution < 1.29 is 8.83 Å². The van der Waals surface area contributed by atoms with Crippen molar-refractivity contribution >= 4 is 98.0 Å². The second kappa shape index (κ2) is 12.9. The van der Waals surface area contributed by atoms with E-state index in [2.05, 4.69) is 138 Å². The molecule has 0 aliphatic carbocycles. The molecule has 0 atom stereocenters. The zero-order chi connectivity index (χ0) is 41.2. The zero-order valence-electron chi connectivity index (χ0n) is 33.6. The Morgan fingerprint density at radius 3 is 1.83 bits per heavy atom. The standard InChI is InChI=1S/C57H32N4O2/c1-2-15-34(16-3-1)55-58-56(43-24-13-27-50-51(43)42-22-10-11-26-49(42)62-50)60-57(59-55)44-25-12-23-41-46-32-48(38-20-8-9-21-40(38)54(46)63-53(41)44)61-47-31-36-18-5-4-17-35(36)30-45(47)39-29-28-33-14-6-7-19-37(33)52(39)61/h1-32H. The number of nitrogens with zero attached hydrogens (tertiary/aromatic N) is 4. The van der Waals surface area contributed by atoms with Crippen LogP contribution in [0.15, 0.2) is 203 Å². The molecule has 10 aromatic carbocycles. The fraction of sp³-hybridized carbons (Fsp3) is 0. The molecule has 292 valence electrons. The summed E-state index contributed by atoms with van der Waals surface area (Å²) < 4.78 is 15.9. The highest BCUT2D eigenvalue weighted by Gasteiger charge is 2.24. The molecular weight excluding hydrogens is 773 g/mol. The normalized spacial score (nSPS) is 12.1. The van der Waals surface area contributed by atoms with Gasteiger partial charge < -0.3 is 13.4 Å². The Kier molecular flexibility index (Phi) is 7.02. The lowest BCUT2D eigenvalue weighted by molar-refractivity contribution is 0.669. The minimum Gasteiger partial charge on any atom is -0.456 e. The molecule has 63 heavy (non-hydrogen) atoms. The summed E-state index contributed by atoms with van der Waals surface area (Å²) in [5.41, 5.74) is 9.12. The van der Waals surface area contributed by atoms with Crippen LogP contribution in [0.25, 0.3) is 138 Å². The zero-order valence-corrected chi connectivity index (χ0v) is 33.6. The lowest BCUT2D eigenvalue weighted by atomic mass is 10.0. The number of hydrogen-bond acceptors (Lipinski definition) is 5. The highest BCUT2D eigenvalue weighted by Crippen LogP contribution is 2.45. The van der Waals surface area contributed by atoms with Gasteiger partial charge in [0.25, 0.3) is 0 Å². The van der Waals surface area contributed by atoms with E-state index in [-0.39, 0.29) is 0 Å². The van der Waals surface area contributed by atoms with Gasteiger partial charge in [-0.15, -0.1) is 0 Å². The topological polar surface area (TPSA) is 69.9 Å². The van der Waals surface area contributed by atoms with Crippen LogP contribution in [0.5, 0.6) is 0 Å². The van der Waals surface area contributed by atoms with Gasteiger partial charge in [0, 0.05) is 59.6 Å². The maximum atomic E-state index is 7.11. The number of benzene rings is 10. The first-order valence-corrected chi connectivity index (χ1v) is 21.2. The molecule has 14 aromatic rings. The Morgan fingerprint density at radius 2 is 0.968 bits per heavy atom. The number of furan rings is 2. The molecule has 0 spiro atoms. The average Bonchev–Trinajstić information content (AvgIpc) is 4.03. The van der Waals surface area contributed by atoms with Crippen molar-refractivity contribution in [2.24, 2.45) is 0 Å². The molecule has 6 nitrogen and oxygen atoms in total. The third-order valence-electron chi connectivity index (χ3n) is 12.8. The molecule has 0 fully saturated rings. The van der Waals surface area contributed by atoms with Gasteiger partial charge in [-0.25, -0.2) is 15.0 Å². The van der Waals surface area contributed by atoms with Gasteiger partial charge in [0.1, 0.15) is 22.3 Å². The Hall–Kier alpha value is -8.61. The van der Waals surface area contributed by atoms with Crippen molar-refractivity contribution in [1.82, 2.24) is 19.5 Å². The molecule has 0 unspecified atom stereocenters. The number of rotatable bonds is 4. The van der Waals surface area contributed by atoms with E-state index >= 15 is 0 Å². The Morgan fingerprint density at radius 1 is 0.349 bits per heavy atom. The molecule has 14 rings (SSSR count). The van der Waals surface area contributed by atoms with Crippen molar-refractivity contribution in [3.05, 3.63) is 194 Å². The summed E-state index contributed by atoms with van der Waals surface area (Å²) in [4.78, 5) is 15.6. The molecule has 0 aliphatic rings. The largest absolute Gasteiger partial charge is 0.456 e. The van der Waals surface area contributed by atoms with Crippen molar-refractivity contribution in [3.63, 3.8) is 0 Å². The smallest absolute Gasteiger partial charge is 0.167 e. The molecule has 0 N–H and O–H groups in total. The molecule has 0 bridgehead atoms. The van der Waals surface area contributed by atoms with E-state index in [0.717, 1.165) is 82.5 Å². The highest BCUT2D eigenvalue weighted by molar-refractivity contribution is 6.24. The van der Waals surface area contributed by atoms with E-state index in [1.807, 2.05) is 60.7 Å². The number of fused-ring (bicyclic) bond motifs is 14. The first-order valence-electron chi connectivity index (χ1n) is 21.2. The van der Waals surface area contributed by atoms with Crippen molar-refractivity contribution in [1.29, 1.82) is 0 Å². The fourth-order valence-electron chi connectivity index (χ4n) is 9.97. The lowest BCUT2D eigenvalue weighted by Gasteiger charge is -2.14. The monoisotopic (exact) mass is 804 g/mol. The highest BCUT2D eigenvalue weighted by atomic mass is 16.3. The molecule has 0 saturated carbocycles. The van der Waals surface area contributed by atoms with Crippen LogP contribution in [0.1, 0.15) is 0 Å². The van der Waals surface area contributed by atoms with Crippen LogP contribution >= 0.6 is 0 Å². The maximum Gasteiger partial charge on any atom is 0.167 e. The molecule has 6 heteroatoms. The van der Waals surface area contributed by atoms with E-state index in [1.54, 1.807) is 0 Å². The molecule has 0 saturated heterocycles. The summed E-state index contributed by atoms with van der Waals surface area (Å²) >= 11 is 0. The van der Waals surface area contributed by atoms with Crippen LogP contribution in [0, 0.1) is 0 Å². The van der Waals surface area contributed by atoms with Gasteiger partial charge in [0.15, 0.2) is 17.5 Å². The molecular formula is C57H32N4O2. The summed E-state index contributed by atoms with van der Waals surface area (Å²) in [6, 6.07) is 68.0. The lowest BCUT2D eigenvalue weighted by Crippen LogP contribution is -2.00. The number of hydrogen-bond donors (Lipinski definition) is 0. The van der Waals surface area contributed by atoms with Crippen LogP contribution in [0.3, 0.4) is 0 Å².